The maximum absolute atomic E-state index is 3.71. The van der Waals surface area contributed by atoms with Crippen molar-refractivity contribution in [2.24, 2.45) is 11.8 Å². The molecule has 2 rings (SSSR count). The van der Waals surface area contributed by atoms with Gasteiger partial charge in [-0.1, -0.05) is 37.3 Å². The van der Waals surface area contributed by atoms with Gasteiger partial charge in [-0.25, -0.2) is 0 Å². The van der Waals surface area contributed by atoms with Gasteiger partial charge in [0, 0.05) is 11.8 Å². The number of rotatable bonds is 6. The molecule has 0 aliphatic heterocycles. The topological polar surface area (TPSA) is 12.0 Å². The quantitative estimate of drug-likeness (QED) is 0.811. The number of hydrogen-bond acceptors (Lipinski definition) is 2. The molecular weight excluding hydrogens is 214 g/mol. The summed E-state index contributed by atoms with van der Waals surface area (Å²) in [6, 6.07) is 11.3. The average molecular weight is 235 g/mol. The zero-order chi connectivity index (χ0) is 11.4. The van der Waals surface area contributed by atoms with Crippen LogP contribution in [0.4, 0.5) is 0 Å². The highest BCUT2D eigenvalue weighted by atomic mass is 32.2. The highest BCUT2D eigenvalue weighted by Gasteiger charge is 2.32. The zero-order valence-corrected chi connectivity index (χ0v) is 11.0. The van der Waals surface area contributed by atoms with Crippen LogP contribution in [0.25, 0.3) is 0 Å². The number of nitrogens with one attached hydrogen (secondary N) is 1. The minimum Gasteiger partial charge on any atom is -0.309 e. The predicted octanol–water partition coefficient (Wildman–Crippen LogP) is 3.34. The summed E-state index contributed by atoms with van der Waals surface area (Å²) >= 11 is 1.91. The van der Waals surface area contributed by atoms with Gasteiger partial charge in [0.15, 0.2) is 0 Å². The van der Waals surface area contributed by atoms with Gasteiger partial charge in [0.05, 0.1) is 0 Å². The Hall–Kier alpha value is -0.470. The fourth-order valence-corrected chi connectivity index (χ4v) is 2.75. The van der Waals surface area contributed by atoms with E-state index in [-0.39, 0.29) is 0 Å². The Balaban J connectivity index is 1.89. The van der Waals surface area contributed by atoms with Gasteiger partial charge < -0.3 is 5.32 Å². The molecule has 1 aliphatic rings. The molecule has 0 radical (unpaired) electrons. The van der Waals surface area contributed by atoms with Crippen LogP contribution in [0.5, 0.6) is 0 Å². The van der Waals surface area contributed by atoms with Gasteiger partial charge in [0.25, 0.3) is 0 Å². The molecule has 3 unspecified atom stereocenters. The maximum atomic E-state index is 3.71. The Morgan fingerprint density at radius 1 is 1.38 bits per heavy atom. The van der Waals surface area contributed by atoms with Gasteiger partial charge in [-0.05, 0) is 36.6 Å². The van der Waals surface area contributed by atoms with Crippen molar-refractivity contribution in [1.29, 1.82) is 0 Å². The van der Waals surface area contributed by atoms with Crippen molar-refractivity contribution in [3.63, 3.8) is 0 Å². The summed E-state index contributed by atoms with van der Waals surface area (Å²) in [6.07, 6.45) is 3.59. The smallest absolute Gasteiger partial charge is 0.0411 e. The van der Waals surface area contributed by atoms with E-state index in [0.717, 1.165) is 17.6 Å². The minimum absolute atomic E-state index is 0.518. The summed E-state index contributed by atoms with van der Waals surface area (Å²) in [5.41, 5.74) is 1.42. The SMILES string of the molecule is CSCC(NCC1CC1C)c1ccccc1. The van der Waals surface area contributed by atoms with Crippen LogP contribution < -0.4 is 5.32 Å². The molecule has 0 aromatic heterocycles. The molecule has 16 heavy (non-hydrogen) atoms. The Morgan fingerprint density at radius 3 is 2.62 bits per heavy atom. The normalized spacial score (nSPS) is 25.4. The minimum atomic E-state index is 0.518. The molecule has 1 aromatic rings. The van der Waals surface area contributed by atoms with Crippen LogP contribution >= 0.6 is 11.8 Å². The highest BCUT2D eigenvalue weighted by molar-refractivity contribution is 7.98. The van der Waals surface area contributed by atoms with Crippen LogP contribution in [0.15, 0.2) is 30.3 Å². The van der Waals surface area contributed by atoms with E-state index in [1.807, 2.05) is 11.8 Å². The van der Waals surface area contributed by atoms with E-state index in [1.165, 1.54) is 18.5 Å². The fraction of sp³-hybridized carbons (Fsp3) is 0.571. The van der Waals surface area contributed by atoms with E-state index in [9.17, 15) is 0 Å². The Morgan fingerprint density at radius 2 is 2.06 bits per heavy atom. The first kappa shape index (κ1) is 12.0. The van der Waals surface area contributed by atoms with Gasteiger partial charge in [0.1, 0.15) is 0 Å². The first-order valence-electron chi connectivity index (χ1n) is 6.08. The average Bonchev–Trinajstić information content (AvgIpc) is 3.02. The first-order chi connectivity index (χ1) is 7.81. The van der Waals surface area contributed by atoms with Crippen molar-refractivity contribution in [2.75, 3.05) is 18.6 Å². The molecule has 0 spiro atoms. The molecule has 1 aliphatic carbocycles. The van der Waals surface area contributed by atoms with E-state index >= 15 is 0 Å². The third-order valence-electron chi connectivity index (χ3n) is 3.44. The lowest BCUT2D eigenvalue weighted by Crippen LogP contribution is -2.25. The fourth-order valence-electron chi connectivity index (χ4n) is 2.10. The van der Waals surface area contributed by atoms with Crippen LogP contribution in [-0.2, 0) is 0 Å². The monoisotopic (exact) mass is 235 g/mol. The van der Waals surface area contributed by atoms with E-state index < -0.39 is 0 Å². The van der Waals surface area contributed by atoms with Crippen LogP contribution in [0.1, 0.15) is 24.9 Å². The first-order valence-corrected chi connectivity index (χ1v) is 7.48. The lowest BCUT2D eigenvalue weighted by atomic mass is 10.1. The summed E-state index contributed by atoms with van der Waals surface area (Å²) in [5.74, 6) is 3.02. The van der Waals surface area contributed by atoms with Gasteiger partial charge >= 0.3 is 0 Å². The van der Waals surface area contributed by atoms with Crippen molar-refractivity contribution < 1.29 is 0 Å². The second-order valence-electron chi connectivity index (χ2n) is 4.80. The van der Waals surface area contributed by atoms with E-state index in [1.54, 1.807) is 0 Å². The largest absolute Gasteiger partial charge is 0.309 e. The summed E-state index contributed by atoms with van der Waals surface area (Å²) in [7, 11) is 0. The molecule has 1 N–H and O–H groups in total. The molecule has 0 saturated heterocycles. The summed E-state index contributed by atoms with van der Waals surface area (Å²) in [5, 5.41) is 3.71. The second kappa shape index (κ2) is 5.74. The molecule has 0 amide bonds. The molecule has 1 nitrogen and oxygen atoms in total. The van der Waals surface area contributed by atoms with Crippen LogP contribution in [0.2, 0.25) is 0 Å². The van der Waals surface area contributed by atoms with Crippen molar-refractivity contribution in [3.8, 4) is 0 Å². The maximum Gasteiger partial charge on any atom is 0.0411 e. The Labute approximate surface area is 103 Å². The molecule has 1 saturated carbocycles. The molecule has 88 valence electrons. The van der Waals surface area contributed by atoms with Gasteiger partial charge in [-0.15, -0.1) is 0 Å². The zero-order valence-electron chi connectivity index (χ0n) is 10.1. The van der Waals surface area contributed by atoms with Crippen LogP contribution in [0, 0.1) is 11.8 Å². The molecule has 0 heterocycles. The lowest BCUT2D eigenvalue weighted by molar-refractivity contribution is 0.541. The van der Waals surface area contributed by atoms with E-state index in [2.05, 4.69) is 48.8 Å². The van der Waals surface area contributed by atoms with Gasteiger partial charge in [-0.3, -0.25) is 0 Å². The van der Waals surface area contributed by atoms with Crippen molar-refractivity contribution in [2.45, 2.75) is 19.4 Å². The molecular formula is C14H21NS. The second-order valence-corrected chi connectivity index (χ2v) is 5.71. The van der Waals surface area contributed by atoms with Crippen molar-refractivity contribution in [3.05, 3.63) is 35.9 Å². The highest BCUT2D eigenvalue weighted by Crippen LogP contribution is 2.37. The third kappa shape index (κ3) is 3.26. The number of hydrogen-bond donors (Lipinski definition) is 1. The molecule has 1 fully saturated rings. The third-order valence-corrected chi connectivity index (χ3v) is 4.10. The number of thioether (sulfide) groups is 1. The Bertz CT molecular complexity index is 312. The van der Waals surface area contributed by atoms with Crippen molar-refractivity contribution in [1.82, 2.24) is 5.32 Å². The molecule has 1 aromatic carbocycles. The summed E-state index contributed by atoms with van der Waals surface area (Å²) < 4.78 is 0. The predicted molar refractivity (Wildman–Crippen MR) is 72.8 cm³/mol. The molecule has 0 bridgehead atoms. The van der Waals surface area contributed by atoms with E-state index in [4.69, 9.17) is 0 Å². The van der Waals surface area contributed by atoms with Gasteiger partial charge in [0.2, 0.25) is 0 Å². The Kier molecular flexibility index (Phi) is 4.30. The standard InChI is InChI=1S/C14H21NS/c1-11-8-13(11)9-15-14(10-16-2)12-6-4-3-5-7-12/h3-7,11,13-15H,8-10H2,1-2H3. The van der Waals surface area contributed by atoms with Gasteiger partial charge in [-0.2, -0.15) is 11.8 Å². The van der Waals surface area contributed by atoms with Crippen LogP contribution in [0.3, 0.4) is 0 Å². The summed E-state index contributed by atoms with van der Waals surface area (Å²) in [4.78, 5) is 0. The molecule has 3 atom stereocenters. The summed E-state index contributed by atoms with van der Waals surface area (Å²) in [6.45, 7) is 3.53. The number of benzene rings is 1. The van der Waals surface area contributed by atoms with E-state index in [0.29, 0.717) is 6.04 Å². The van der Waals surface area contributed by atoms with Crippen molar-refractivity contribution >= 4 is 11.8 Å². The molecule has 2 heteroatoms. The van der Waals surface area contributed by atoms with Crippen LogP contribution in [-0.4, -0.2) is 18.6 Å². The lowest BCUT2D eigenvalue weighted by Gasteiger charge is -2.18.